The first kappa shape index (κ1) is 17.8. The predicted molar refractivity (Wildman–Crippen MR) is 110 cm³/mol. The minimum atomic E-state index is 0.391. The monoisotopic (exact) mass is 365 g/mol. The molecule has 0 unspecified atom stereocenters. The third-order valence-corrected chi connectivity index (χ3v) is 5.11. The molecule has 3 heterocycles. The first-order chi connectivity index (χ1) is 13.3. The van der Waals surface area contributed by atoms with Crippen LogP contribution in [0.3, 0.4) is 0 Å². The molecule has 2 aromatic heterocycles. The molecule has 27 heavy (non-hydrogen) atoms. The number of H-pyrrole nitrogens is 1. The van der Waals surface area contributed by atoms with E-state index in [1.807, 2.05) is 6.20 Å². The fourth-order valence-corrected chi connectivity index (χ4v) is 3.83. The Bertz CT molecular complexity index is 906. The molecule has 0 bridgehead atoms. The number of anilines is 3. The van der Waals surface area contributed by atoms with E-state index < -0.39 is 0 Å². The standard InChI is InChI=1S/C21H27N5O/c1-3-5-16-13-20(26-11-4-6-18(26)14-27-2)25-21(23-16)24-17-8-7-15-9-10-22-19(15)12-17/h7-10,12-13,18,22H,3-6,11,14H2,1-2H3,(H,23,24,25)/t18-/m1/s1. The van der Waals surface area contributed by atoms with Gasteiger partial charge in [0.25, 0.3) is 0 Å². The number of hydrogen-bond donors (Lipinski definition) is 2. The zero-order chi connectivity index (χ0) is 18.6. The Kier molecular flexibility index (Phi) is 5.25. The van der Waals surface area contributed by atoms with Gasteiger partial charge in [0.1, 0.15) is 5.82 Å². The van der Waals surface area contributed by atoms with Gasteiger partial charge in [-0.25, -0.2) is 4.98 Å². The summed E-state index contributed by atoms with van der Waals surface area (Å²) in [5.74, 6) is 1.65. The molecule has 0 amide bonds. The van der Waals surface area contributed by atoms with Crippen molar-refractivity contribution in [2.45, 2.75) is 38.6 Å². The number of aromatic amines is 1. The number of benzene rings is 1. The van der Waals surface area contributed by atoms with Crippen LogP contribution in [-0.2, 0) is 11.2 Å². The lowest BCUT2D eigenvalue weighted by Crippen LogP contribution is -2.33. The number of ether oxygens (including phenoxy) is 1. The Hall–Kier alpha value is -2.60. The maximum atomic E-state index is 5.41. The molecule has 1 atom stereocenters. The molecule has 3 aromatic rings. The molecule has 1 saturated heterocycles. The summed E-state index contributed by atoms with van der Waals surface area (Å²) >= 11 is 0. The minimum Gasteiger partial charge on any atom is -0.383 e. The normalized spacial score (nSPS) is 17.0. The molecule has 0 radical (unpaired) electrons. The molecule has 4 rings (SSSR count). The van der Waals surface area contributed by atoms with Crippen LogP contribution in [0.2, 0.25) is 0 Å². The number of rotatable bonds is 7. The molecule has 0 saturated carbocycles. The molecule has 1 aliphatic rings. The number of fused-ring (bicyclic) bond motifs is 1. The van der Waals surface area contributed by atoms with Gasteiger partial charge in [-0.15, -0.1) is 0 Å². The molecular formula is C21H27N5O. The van der Waals surface area contributed by atoms with Gasteiger partial charge in [-0.05, 0) is 42.8 Å². The minimum absolute atomic E-state index is 0.391. The van der Waals surface area contributed by atoms with Crippen LogP contribution < -0.4 is 10.2 Å². The summed E-state index contributed by atoms with van der Waals surface area (Å²) in [7, 11) is 1.77. The molecule has 2 N–H and O–H groups in total. The van der Waals surface area contributed by atoms with Crippen LogP contribution in [0, 0.1) is 0 Å². The van der Waals surface area contributed by atoms with E-state index in [0.29, 0.717) is 12.0 Å². The van der Waals surface area contributed by atoms with Gasteiger partial charge in [-0.1, -0.05) is 19.4 Å². The van der Waals surface area contributed by atoms with Gasteiger partial charge in [-0.3, -0.25) is 0 Å². The quantitative estimate of drug-likeness (QED) is 0.654. The van der Waals surface area contributed by atoms with Crippen LogP contribution in [0.25, 0.3) is 10.9 Å². The Morgan fingerprint density at radius 3 is 3.04 bits per heavy atom. The highest BCUT2D eigenvalue weighted by molar-refractivity contribution is 5.83. The molecule has 1 aromatic carbocycles. The van der Waals surface area contributed by atoms with Crippen LogP contribution in [0.5, 0.6) is 0 Å². The van der Waals surface area contributed by atoms with Crippen molar-refractivity contribution in [3.8, 4) is 0 Å². The molecule has 6 nitrogen and oxygen atoms in total. The molecule has 1 fully saturated rings. The summed E-state index contributed by atoms with van der Waals surface area (Å²) in [6.07, 6.45) is 6.28. The molecule has 142 valence electrons. The smallest absolute Gasteiger partial charge is 0.229 e. The predicted octanol–water partition coefficient (Wildman–Crippen LogP) is 4.27. The maximum absolute atomic E-state index is 5.41. The number of methoxy groups -OCH3 is 1. The van der Waals surface area contributed by atoms with Gasteiger partial charge < -0.3 is 19.9 Å². The number of aromatic nitrogens is 3. The first-order valence-electron chi connectivity index (χ1n) is 9.74. The van der Waals surface area contributed by atoms with Crippen molar-refractivity contribution in [1.29, 1.82) is 0 Å². The van der Waals surface area contributed by atoms with E-state index in [4.69, 9.17) is 14.7 Å². The molecule has 0 aliphatic carbocycles. The van der Waals surface area contributed by atoms with Crippen LogP contribution in [0.15, 0.2) is 36.5 Å². The fourth-order valence-electron chi connectivity index (χ4n) is 3.83. The van der Waals surface area contributed by atoms with Crippen LogP contribution in [0.4, 0.5) is 17.5 Å². The van der Waals surface area contributed by atoms with Gasteiger partial charge in [0.15, 0.2) is 0 Å². The lowest BCUT2D eigenvalue weighted by Gasteiger charge is -2.26. The first-order valence-corrected chi connectivity index (χ1v) is 9.74. The van der Waals surface area contributed by atoms with Gasteiger partial charge in [0, 0.05) is 42.8 Å². The van der Waals surface area contributed by atoms with E-state index in [1.54, 1.807) is 7.11 Å². The lowest BCUT2D eigenvalue weighted by atomic mass is 10.2. The van der Waals surface area contributed by atoms with Crippen molar-refractivity contribution in [3.05, 3.63) is 42.2 Å². The van der Waals surface area contributed by atoms with E-state index in [1.165, 1.54) is 11.8 Å². The summed E-state index contributed by atoms with van der Waals surface area (Å²) in [6, 6.07) is 10.8. The number of aryl methyl sites for hydroxylation is 1. The molecule has 0 spiro atoms. The largest absolute Gasteiger partial charge is 0.383 e. The molecule has 1 aliphatic heterocycles. The molecule has 6 heteroatoms. The highest BCUT2D eigenvalue weighted by atomic mass is 16.5. The number of nitrogens with one attached hydrogen (secondary N) is 2. The van der Waals surface area contributed by atoms with Gasteiger partial charge in [0.05, 0.1) is 12.6 Å². The third-order valence-electron chi connectivity index (χ3n) is 5.11. The Morgan fingerprint density at radius 1 is 1.26 bits per heavy atom. The summed E-state index contributed by atoms with van der Waals surface area (Å²) in [4.78, 5) is 15.2. The Balaban J connectivity index is 1.63. The summed E-state index contributed by atoms with van der Waals surface area (Å²) < 4.78 is 5.41. The van der Waals surface area contributed by atoms with Crippen molar-refractivity contribution >= 4 is 28.4 Å². The van der Waals surface area contributed by atoms with E-state index in [-0.39, 0.29) is 0 Å². The zero-order valence-electron chi connectivity index (χ0n) is 16.0. The van der Waals surface area contributed by atoms with Crippen LogP contribution in [0.1, 0.15) is 31.9 Å². The van der Waals surface area contributed by atoms with E-state index >= 15 is 0 Å². The molecular weight excluding hydrogens is 338 g/mol. The van der Waals surface area contributed by atoms with Crippen molar-refractivity contribution in [2.75, 3.05) is 30.5 Å². The second kappa shape index (κ2) is 7.96. The number of nitrogens with zero attached hydrogens (tertiary/aromatic N) is 3. The van der Waals surface area contributed by atoms with Gasteiger partial charge in [-0.2, -0.15) is 4.98 Å². The van der Waals surface area contributed by atoms with Crippen LogP contribution in [-0.4, -0.2) is 41.3 Å². The summed E-state index contributed by atoms with van der Waals surface area (Å²) in [5.41, 5.74) is 3.16. The maximum Gasteiger partial charge on any atom is 0.229 e. The van der Waals surface area contributed by atoms with Crippen LogP contribution >= 0.6 is 0 Å². The second-order valence-corrected chi connectivity index (χ2v) is 7.14. The summed E-state index contributed by atoms with van der Waals surface area (Å²) in [5, 5.41) is 4.59. The topological polar surface area (TPSA) is 66.1 Å². The number of hydrogen-bond acceptors (Lipinski definition) is 5. The second-order valence-electron chi connectivity index (χ2n) is 7.14. The van der Waals surface area contributed by atoms with E-state index in [9.17, 15) is 0 Å². The van der Waals surface area contributed by atoms with Gasteiger partial charge in [0.2, 0.25) is 5.95 Å². The highest BCUT2D eigenvalue weighted by Crippen LogP contribution is 2.27. The average molecular weight is 365 g/mol. The third kappa shape index (κ3) is 3.90. The van der Waals surface area contributed by atoms with Crippen molar-refractivity contribution in [3.63, 3.8) is 0 Å². The SMILES string of the molecule is CCCc1cc(N2CCC[C@@H]2COC)nc(Nc2ccc3cc[nH]c3c2)n1. The van der Waals surface area contributed by atoms with E-state index in [2.05, 4.69) is 52.5 Å². The highest BCUT2D eigenvalue weighted by Gasteiger charge is 2.26. The zero-order valence-corrected chi connectivity index (χ0v) is 16.0. The van der Waals surface area contributed by atoms with Crippen molar-refractivity contribution in [2.24, 2.45) is 0 Å². The Labute approximate surface area is 160 Å². The van der Waals surface area contributed by atoms with Crippen molar-refractivity contribution < 1.29 is 4.74 Å². The van der Waals surface area contributed by atoms with Gasteiger partial charge >= 0.3 is 0 Å². The van der Waals surface area contributed by atoms with E-state index in [0.717, 1.165) is 55.1 Å². The lowest BCUT2D eigenvalue weighted by molar-refractivity contribution is 0.180. The fraction of sp³-hybridized carbons (Fsp3) is 0.429. The Morgan fingerprint density at radius 2 is 2.19 bits per heavy atom. The average Bonchev–Trinajstić information content (AvgIpc) is 3.31. The summed E-state index contributed by atoms with van der Waals surface area (Å²) in [6.45, 7) is 3.93. The van der Waals surface area contributed by atoms with Crippen molar-refractivity contribution in [1.82, 2.24) is 15.0 Å².